The summed E-state index contributed by atoms with van der Waals surface area (Å²) in [5.74, 6) is -0.510. The van der Waals surface area contributed by atoms with Crippen molar-refractivity contribution in [1.82, 2.24) is 5.32 Å². The van der Waals surface area contributed by atoms with Crippen molar-refractivity contribution >= 4 is 5.91 Å². The van der Waals surface area contributed by atoms with E-state index < -0.39 is 12.0 Å². The fourth-order valence-corrected chi connectivity index (χ4v) is 1.69. The highest BCUT2D eigenvalue weighted by Crippen LogP contribution is 2.23. The van der Waals surface area contributed by atoms with Crippen molar-refractivity contribution < 1.29 is 27.8 Å². The molecule has 4 nitrogen and oxygen atoms in total. The lowest BCUT2D eigenvalue weighted by molar-refractivity contribution is -0.274. The van der Waals surface area contributed by atoms with Crippen LogP contribution in [0.25, 0.3) is 0 Å². The second-order valence-electron chi connectivity index (χ2n) is 5.98. The number of hydrogen-bond acceptors (Lipinski definition) is 3. The second-order valence-corrected chi connectivity index (χ2v) is 5.98. The Balaban J connectivity index is 2.42. The van der Waals surface area contributed by atoms with Crippen molar-refractivity contribution in [2.24, 2.45) is 5.92 Å². The molecule has 23 heavy (non-hydrogen) atoms. The third kappa shape index (κ3) is 7.36. The molecular weight excluding hydrogens is 311 g/mol. The highest BCUT2D eigenvalue weighted by molar-refractivity contribution is 5.76. The fraction of sp³-hybridized carbons (Fsp3) is 0.562. The van der Waals surface area contributed by atoms with Crippen molar-refractivity contribution in [2.45, 2.75) is 45.6 Å². The van der Waals surface area contributed by atoms with E-state index in [2.05, 4.69) is 10.1 Å². The summed E-state index contributed by atoms with van der Waals surface area (Å²) in [6.07, 6.45) is -4.13. The summed E-state index contributed by atoms with van der Waals surface area (Å²) >= 11 is 0. The number of amides is 1. The summed E-state index contributed by atoms with van der Waals surface area (Å²) in [6.45, 7) is 5.52. The summed E-state index contributed by atoms with van der Waals surface area (Å²) in [5, 5.41) is 12.7. The first-order valence-electron chi connectivity index (χ1n) is 7.33. The molecule has 0 bridgehead atoms. The summed E-state index contributed by atoms with van der Waals surface area (Å²) in [7, 11) is 0. The molecule has 1 unspecified atom stereocenters. The van der Waals surface area contributed by atoms with Gasteiger partial charge in [0.2, 0.25) is 5.91 Å². The van der Waals surface area contributed by atoms with Gasteiger partial charge in [0.25, 0.3) is 0 Å². The molecule has 2 N–H and O–H groups in total. The highest BCUT2D eigenvalue weighted by atomic mass is 19.4. The van der Waals surface area contributed by atoms with Crippen LogP contribution in [0.15, 0.2) is 24.3 Å². The van der Waals surface area contributed by atoms with Crippen LogP contribution < -0.4 is 10.1 Å². The fourth-order valence-electron chi connectivity index (χ4n) is 1.69. The Morgan fingerprint density at radius 1 is 1.26 bits per heavy atom. The molecule has 0 aliphatic heterocycles. The number of aryl methyl sites for hydroxylation is 1. The number of hydrogen-bond donors (Lipinski definition) is 2. The Morgan fingerprint density at radius 3 is 2.30 bits per heavy atom. The molecule has 1 atom stereocenters. The van der Waals surface area contributed by atoms with Gasteiger partial charge in [-0.2, -0.15) is 0 Å². The van der Waals surface area contributed by atoms with Crippen molar-refractivity contribution in [3.8, 4) is 5.75 Å². The number of ether oxygens (including phenoxy) is 1. The third-order valence-corrected chi connectivity index (χ3v) is 3.68. The molecule has 0 aliphatic carbocycles. The van der Waals surface area contributed by atoms with Crippen LogP contribution in [0.4, 0.5) is 13.2 Å². The van der Waals surface area contributed by atoms with Crippen LogP contribution in [-0.4, -0.2) is 29.5 Å². The Kier molecular flexibility index (Phi) is 6.44. The molecule has 1 amide bonds. The van der Waals surface area contributed by atoms with Crippen LogP contribution in [-0.2, 0) is 11.2 Å². The average molecular weight is 333 g/mol. The van der Waals surface area contributed by atoms with E-state index in [1.165, 1.54) is 24.3 Å². The minimum atomic E-state index is -4.71. The minimum Gasteiger partial charge on any atom is -0.406 e. The smallest absolute Gasteiger partial charge is 0.406 e. The van der Waals surface area contributed by atoms with E-state index in [0.29, 0.717) is 6.42 Å². The second kappa shape index (κ2) is 7.68. The Hall–Kier alpha value is -1.76. The van der Waals surface area contributed by atoms with E-state index in [-0.39, 0.29) is 30.5 Å². The van der Waals surface area contributed by atoms with Gasteiger partial charge in [-0.3, -0.25) is 4.79 Å². The van der Waals surface area contributed by atoms with E-state index in [4.69, 9.17) is 0 Å². The van der Waals surface area contributed by atoms with E-state index in [1.807, 2.05) is 13.8 Å². The van der Waals surface area contributed by atoms with Gasteiger partial charge in [-0.1, -0.05) is 26.0 Å². The van der Waals surface area contributed by atoms with Crippen LogP contribution in [0.2, 0.25) is 0 Å². The van der Waals surface area contributed by atoms with Gasteiger partial charge in [-0.15, -0.1) is 13.2 Å². The number of alkyl halides is 3. The van der Waals surface area contributed by atoms with Gasteiger partial charge >= 0.3 is 6.36 Å². The highest BCUT2D eigenvalue weighted by Gasteiger charge is 2.31. The van der Waals surface area contributed by atoms with Crippen LogP contribution in [0.3, 0.4) is 0 Å². The minimum absolute atomic E-state index is 0.00368. The lowest BCUT2D eigenvalue weighted by Gasteiger charge is -2.27. The van der Waals surface area contributed by atoms with E-state index in [1.54, 1.807) is 6.92 Å². The molecule has 0 fully saturated rings. The summed E-state index contributed by atoms with van der Waals surface area (Å²) in [5.41, 5.74) is -0.253. The molecule has 0 saturated heterocycles. The normalized spacial score (nSPS) is 14.4. The molecule has 1 aromatic carbocycles. The summed E-state index contributed by atoms with van der Waals surface area (Å²) in [6, 6.07) is 5.39. The topological polar surface area (TPSA) is 58.6 Å². The maximum absolute atomic E-state index is 12.0. The Bertz CT molecular complexity index is 510. The molecule has 0 aliphatic rings. The molecule has 0 radical (unpaired) electrons. The van der Waals surface area contributed by atoms with Gasteiger partial charge in [0.1, 0.15) is 5.75 Å². The van der Waals surface area contributed by atoms with Gasteiger partial charge in [0, 0.05) is 13.0 Å². The zero-order valence-corrected chi connectivity index (χ0v) is 13.4. The zero-order valence-electron chi connectivity index (χ0n) is 13.4. The summed E-state index contributed by atoms with van der Waals surface area (Å²) in [4.78, 5) is 11.7. The Morgan fingerprint density at radius 2 is 1.83 bits per heavy atom. The van der Waals surface area contributed by atoms with Crippen molar-refractivity contribution in [3.05, 3.63) is 29.8 Å². The van der Waals surface area contributed by atoms with Crippen LogP contribution in [0.1, 0.15) is 32.8 Å². The van der Waals surface area contributed by atoms with Crippen molar-refractivity contribution in [1.29, 1.82) is 0 Å². The number of benzene rings is 1. The van der Waals surface area contributed by atoms with Gasteiger partial charge in [-0.05, 0) is 37.0 Å². The van der Waals surface area contributed by atoms with Crippen LogP contribution in [0.5, 0.6) is 5.75 Å². The van der Waals surface area contributed by atoms with E-state index in [9.17, 15) is 23.1 Å². The lowest BCUT2D eigenvalue weighted by atomic mass is 9.92. The van der Waals surface area contributed by atoms with Gasteiger partial charge in [0.05, 0.1) is 5.60 Å². The van der Waals surface area contributed by atoms with Crippen LogP contribution in [0, 0.1) is 5.92 Å². The first-order chi connectivity index (χ1) is 10.5. The van der Waals surface area contributed by atoms with Crippen molar-refractivity contribution in [3.63, 3.8) is 0 Å². The number of rotatable bonds is 7. The first-order valence-corrected chi connectivity index (χ1v) is 7.33. The lowest BCUT2D eigenvalue weighted by Crippen LogP contribution is -2.44. The van der Waals surface area contributed by atoms with Gasteiger partial charge in [-0.25, -0.2) is 0 Å². The van der Waals surface area contributed by atoms with Crippen molar-refractivity contribution in [2.75, 3.05) is 6.54 Å². The zero-order chi connectivity index (χ0) is 17.7. The van der Waals surface area contributed by atoms with E-state index >= 15 is 0 Å². The SMILES string of the molecule is CC(C)C(C)(O)CNC(=O)CCc1ccc(OC(F)(F)F)cc1. The third-order valence-electron chi connectivity index (χ3n) is 3.68. The summed E-state index contributed by atoms with van der Waals surface area (Å²) < 4.78 is 39.9. The molecule has 1 rings (SSSR count). The molecule has 1 aromatic rings. The monoisotopic (exact) mass is 333 g/mol. The number of carbonyl (C=O) groups is 1. The molecule has 7 heteroatoms. The maximum Gasteiger partial charge on any atom is 0.573 e. The first kappa shape index (κ1) is 19.3. The van der Waals surface area contributed by atoms with Crippen LogP contribution >= 0.6 is 0 Å². The predicted molar refractivity (Wildman–Crippen MR) is 79.9 cm³/mol. The molecule has 0 heterocycles. The number of halogens is 3. The number of carbonyl (C=O) groups excluding carboxylic acids is 1. The molecule has 0 saturated carbocycles. The molecule has 0 aromatic heterocycles. The molecule has 0 spiro atoms. The van der Waals surface area contributed by atoms with E-state index in [0.717, 1.165) is 5.56 Å². The van der Waals surface area contributed by atoms with Gasteiger partial charge < -0.3 is 15.2 Å². The maximum atomic E-state index is 12.0. The quantitative estimate of drug-likeness (QED) is 0.806. The predicted octanol–water partition coefficient (Wildman–Crippen LogP) is 3.04. The number of aliphatic hydroxyl groups is 1. The van der Waals surface area contributed by atoms with Gasteiger partial charge in [0.15, 0.2) is 0 Å². The molecular formula is C16H22F3NO3. The average Bonchev–Trinajstić information content (AvgIpc) is 2.42. The largest absolute Gasteiger partial charge is 0.573 e. The Labute approximate surface area is 133 Å². The number of nitrogens with one attached hydrogen (secondary N) is 1. The standard InChI is InChI=1S/C16H22F3NO3/c1-11(2)15(3,22)10-20-14(21)9-6-12-4-7-13(8-5-12)23-16(17,18)19/h4-5,7-8,11,22H,6,9-10H2,1-3H3,(H,20,21). The molecule has 130 valence electrons.